The van der Waals surface area contributed by atoms with E-state index in [0.717, 1.165) is 0 Å². The van der Waals surface area contributed by atoms with Crippen molar-refractivity contribution < 1.29 is 28.9 Å². The third kappa shape index (κ3) is 2.47. The predicted molar refractivity (Wildman–Crippen MR) is 52.7 cm³/mol. The van der Waals surface area contributed by atoms with Crippen LogP contribution in [0.25, 0.3) is 0 Å². The molecule has 17 heavy (non-hydrogen) atoms. The molecule has 0 fully saturated rings. The lowest BCUT2D eigenvalue weighted by Gasteiger charge is -2.27. The van der Waals surface area contributed by atoms with Crippen molar-refractivity contribution in [1.82, 2.24) is 0 Å². The molecule has 0 saturated carbocycles. The van der Waals surface area contributed by atoms with Gasteiger partial charge in [0.25, 0.3) is 0 Å². The Kier molecular flexibility index (Phi) is 2.86. The van der Waals surface area contributed by atoms with Gasteiger partial charge in [0.1, 0.15) is 12.4 Å². The molecule has 0 aromatic heterocycles. The zero-order valence-electron chi connectivity index (χ0n) is 8.97. The van der Waals surface area contributed by atoms with Crippen LogP contribution in [0.4, 0.5) is 0 Å². The summed E-state index contributed by atoms with van der Waals surface area (Å²) in [6, 6.07) is 4.47. The van der Waals surface area contributed by atoms with E-state index in [2.05, 4.69) is 0 Å². The molecule has 1 unspecified atom stereocenters. The van der Waals surface area contributed by atoms with Gasteiger partial charge in [0.2, 0.25) is 0 Å². The van der Waals surface area contributed by atoms with Gasteiger partial charge in [-0.25, -0.2) is 0 Å². The SMILES string of the molecule is CC(=O)Oc1ccc2c(c1)OC(C(=O)[O-])CO2. The Morgan fingerprint density at radius 1 is 1.41 bits per heavy atom. The third-order valence-electron chi connectivity index (χ3n) is 2.10. The summed E-state index contributed by atoms with van der Waals surface area (Å²) in [4.78, 5) is 21.4. The number of carbonyl (C=O) groups excluding carboxylic acids is 2. The molecule has 0 bridgehead atoms. The summed E-state index contributed by atoms with van der Waals surface area (Å²) >= 11 is 0. The Balaban J connectivity index is 2.22. The van der Waals surface area contributed by atoms with Crippen LogP contribution in [0.3, 0.4) is 0 Å². The van der Waals surface area contributed by atoms with Gasteiger partial charge in [0.15, 0.2) is 17.6 Å². The highest BCUT2D eigenvalue weighted by atomic mass is 16.6. The maximum atomic E-state index is 10.8. The summed E-state index contributed by atoms with van der Waals surface area (Å²) in [5.41, 5.74) is 0. The monoisotopic (exact) mass is 237 g/mol. The number of ether oxygens (including phenoxy) is 3. The molecule has 0 N–H and O–H groups in total. The Morgan fingerprint density at radius 2 is 2.18 bits per heavy atom. The number of rotatable bonds is 2. The standard InChI is InChI=1S/C11H10O6/c1-6(12)16-7-2-3-8-9(4-7)17-10(5-15-8)11(13)14/h2-4,10H,5H2,1H3,(H,13,14)/p-1. The van der Waals surface area contributed by atoms with Gasteiger partial charge in [0.05, 0.1) is 5.97 Å². The molecule has 0 aliphatic carbocycles. The fourth-order valence-corrected chi connectivity index (χ4v) is 1.40. The number of hydrogen-bond acceptors (Lipinski definition) is 6. The second kappa shape index (κ2) is 4.32. The van der Waals surface area contributed by atoms with E-state index in [1.165, 1.54) is 19.1 Å². The molecule has 1 aromatic carbocycles. The number of carboxylic acid groups (broad SMARTS) is 1. The summed E-state index contributed by atoms with van der Waals surface area (Å²) in [5.74, 6) is -0.951. The van der Waals surface area contributed by atoms with E-state index >= 15 is 0 Å². The molecule has 1 atom stereocenters. The Labute approximate surface area is 96.7 Å². The summed E-state index contributed by atoms with van der Waals surface area (Å²) in [6.07, 6.45) is -1.16. The Bertz CT molecular complexity index is 467. The second-order valence-electron chi connectivity index (χ2n) is 3.44. The molecule has 0 radical (unpaired) electrons. The van der Waals surface area contributed by atoms with Crippen molar-refractivity contribution in [2.45, 2.75) is 13.0 Å². The smallest absolute Gasteiger partial charge is 0.308 e. The van der Waals surface area contributed by atoms with Crippen LogP contribution in [0.2, 0.25) is 0 Å². The van der Waals surface area contributed by atoms with Crippen LogP contribution in [0, 0.1) is 0 Å². The minimum atomic E-state index is -1.35. The number of benzene rings is 1. The van der Waals surface area contributed by atoms with Crippen LogP contribution >= 0.6 is 0 Å². The lowest BCUT2D eigenvalue weighted by Crippen LogP contribution is -2.45. The number of aliphatic carboxylic acids is 1. The highest BCUT2D eigenvalue weighted by molar-refractivity contribution is 5.72. The number of carboxylic acids is 1. The molecule has 6 heteroatoms. The molecule has 2 rings (SSSR count). The van der Waals surface area contributed by atoms with Crippen molar-refractivity contribution in [2.24, 2.45) is 0 Å². The molecular weight excluding hydrogens is 228 g/mol. The first kappa shape index (κ1) is 11.3. The van der Waals surface area contributed by atoms with Crippen molar-refractivity contribution in [3.63, 3.8) is 0 Å². The molecule has 6 nitrogen and oxygen atoms in total. The fraction of sp³-hybridized carbons (Fsp3) is 0.273. The van der Waals surface area contributed by atoms with Crippen molar-refractivity contribution >= 4 is 11.9 Å². The van der Waals surface area contributed by atoms with Crippen LogP contribution in [0.5, 0.6) is 17.2 Å². The van der Waals surface area contributed by atoms with Crippen LogP contribution in [0.15, 0.2) is 18.2 Å². The van der Waals surface area contributed by atoms with Gasteiger partial charge in [-0.05, 0) is 12.1 Å². The fourth-order valence-electron chi connectivity index (χ4n) is 1.40. The van der Waals surface area contributed by atoms with Crippen molar-refractivity contribution in [3.8, 4) is 17.2 Å². The topological polar surface area (TPSA) is 84.9 Å². The number of fused-ring (bicyclic) bond motifs is 1. The minimum absolute atomic E-state index is 0.109. The van der Waals surface area contributed by atoms with E-state index < -0.39 is 18.0 Å². The van der Waals surface area contributed by atoms with Crippen LogP contribution in [-0.2, 0) is 9.59 Å². The van der Waals surface area contributed by atoms with Gasteiger partial charge < -0.3 is 24.1 Å². The summed E-state index contributed by atoms with van der Waals surface area (Å²) in [6.45, 7) is 1.16. The highest BCUT2D eigenvalue weighted by Crippen LogP contribution is 2.35. The van der Waals surface area contributed by atoms with Crippen molar-refractivity contribution in [1.29, 1.82) is 0 Å². The minimum Gasteiger partial charge on any atom is -0.546 e. The second-order valence-corrected chi connectivity index (χ2v) is 3.44. The Morgan fingerprint density at radius 3 is 2.82 bits per heavy atom. The quantitative estimate of drug-likeness (QED) is 0.509. The molecular formula is C11H9O6-. The molecule has 1 aromatic rings. The maximum absolute atomic E-state index is 10.8. The van der Waals surface area contributed by atoms with Crippen LogP contribution < -0.4 is 19.3 Å². The Hall–Kier alpha value is -2.24. The van der Waals surface area contributed by atoms with E-state index in [4.69, 9.17) is 14.2 Å². The predicted octanol–water partition coefficient (Wildman–Crippen LogP) is -0.498. The lowest BCUT2D eigenvalue weighted by molar-refractivity contribution is -0.315. The van der Waals surface area contributed by atoms with Gasteiger partial charge in [-0.15, -0.1) is 0 Å². The lowest BCUT2D eigenvalue weighted by atomic mass is 10.2. The highest BCUT2D eigenvalue weighted by Gasteiger charge is 2.22. The van der Waals surface area contributed by atoms with Gasteiger partial charge >= 0.3 is 5.97 Å². The summed E-state index contributed by atoms with van der Waals surface area (Å²) in [5, 5.41) is 10.6. The van der Waals surface area contributed by atoms with E-state index in [-0.39, 0.29) is 18.1 Å². The largest absolute Gasteiger partial charge is 0.546 e. The van der Waals surface area contributed by atoms with Crippen LogP contribution in [0.1, 0.15) is 6.92 Å². The zero-order valence-corrected chi connectivity index (χ0v) is 8.97. The zero-order chi connectivity index (χ0) is 12.4. The maximum Gasteiger partial charge on any atom is 0.308 e. The summed E-state index contributed by atoms with van der Waals surface area (Å²) < 4.78 is 15.1. The normalized spacial score (nSPS) is 17.4. The van der Waals surface area contributed by atoms with E-state index in [1.54, 1.807) is 6.07 Å². The summed E-state index contributed by atoms with van der Waals surface area (Å²) in [7, 11) is 0. The van der Waals surface area contributed by atoms with E-state index in [9.17, 15) is 14.7 Å². The number of esters is 1. The number of hydrogen-bond donors (Lipinski definition) is 0. The van der Waals surface area contributed by atoms with Gasteiger partial charge in [-0.1, -0.05) is 0 Å². The molecule has 0 amide bonds. The first-order chi connectivity index (χ1) is 8.06. The van der Waals surface area contributed by atoms with Crippen molar-refractivity contribution in [2.75, 3.05) is 6.61 Å². The first-order valence-electron chi connectivity index (χ1n) is 4.89. The first-order valence-corrected chi connectivity index (χ1v) is 4.89. The van der Waals surface area contributed by atoms with E-state index in [1.807, 2.05) is 0 Å². The molecule has 1 aliphatic heterocycles. The molecule has 0 spiro atoms. The average Bonchev–Trinajstić information content (AvgIpc) is 2.27. The third-order valence-corrected chi connectivity index (χ3v) is 2.10. The van der Waals surface area contributed by atoms with Crippen molar-refractivity contribution in [3.05, 3.63) is 18.2 Å². The molecule has 0 saturated heterocycles. The number of carbonyl (C=O) groups is 2. The average molecular weight is 237 g/mol. The van der Waals surface area contributed by atoms with Gasteiger partial charge in [-0.2, -0.15) is 0 Å². The van der Waals surface area contributed by atoms with Gasteiger partial charge in [-0.3, -0.25) is 4.79 Å². The molecule has 1 aliphatic rings. The molecule has 1 heterocycles. The van der Waals surface area contributed by atoms with Gasteiger partial charge in [0, 0.05) is 13.0 Å². The molecule has 90 valence electrons. The van der Waals surface area contributed by atoms with E-state index in [0.29, 0.717) is 5.75 Å². The van der Waals surface area contributed by atoms with Crippen LogP contribution in [-0.4, -0.2) is 24.6 Å².